The summed E-state index contributed by atoms with van der Waals surface area (Å²) < 4.78 is 0. The van der Waals surface area contributed by atoms with Gasteiger partial charge >= 0.3 is 0 Å². The molecular formula is C27H24N2O2. The maximum atomic E-state index is 9.54. The molecule has 31 heavy (non-hydrogen) atoms. The van der Waals surface area contributed by atoms with E-state index < -0.39 is 0 Å². The molecule has 0 saturated heterocycles. The quantitative estimate of drug-likeness (QED) is 0.408. The van der Waals surface area contributed by atoms with Crippen LogP contribution < -0.4 is 0 Å². The number of nitrogens with zero attached hydrogens (tertiary/aromatic N) is 1. The molecule has 0 spiro atoms. The topological polar surface area (TPSA) is 73.5 Å². The Hall–Kier alpha value is -5.13. The minimum atomic E-state index is 0. The van der Waals surface area contributed by atoms with Gasteiger partial charge < -0.3 is 5.11 Å². The van der Waals surface area contributed by atoms with Gasteiger partial charge in [-0.2, -0.15) is 4.91 Å². The Morgan fingerprint density at radius 1 is 0.871 bits per heavy atom. The van der Waals surface area contributed by atoms with E-state index in [-0.39, 0.29) is 10.0 Å². The summed E-state index contributed by atoms with van der Waals surface area (Å²) in [4.78, 5) is 11.8. The molecule has 2 aromatic carbocycles. The number of aryl methyl sites for hydroxylation is 1. The van der Waals surface area contributed by atoms with Crippen molar-refractivity contribution in [1.82, 2.24) is 0 Å². The molecule has 2 N–H and O–H groups in total. The number of benzene rings is 2. The Morgan fingerprint density at radius 3 is 1.90 bits per heavy atom. The van der Waals surface area contributed by atoms with Crippen LogP contribution in [-0.4, -0.2) is 11.3 Å². The van der Waals surface area contributed by atoms with Crippen LogP contribution in [0.25, 0.3) is 0 Å². The average molecular weight is 409 g/mol. The first-order chi connectivity index (χ1) is 15.2. The van der Waals surface area contributed by atoms with Crippen LogP contribution in [0.3, 0.4) is 0 Å². The molecule has 0 unspecified atom stereocenters. The fraction of sp³-hybridized carbons (Fsp3) is 0.0741. The number of phenols is 1. The van der Waals surface area contributed by atoms with Crippen LogP contribution in [-0.2, 0) is 0 Å². The molecular weight excluding hydrogens is 384 g/mol. The zero-order chi connectivity index (χ0) is 23.2. The summed E-state index contributed by atoms with van der Waals surface area (Å²) in [5, 5.41) is 9.54. The van der Waals surface area contributed by atoms with Crippen molar-refractivity contribution in [2.45, 2.75) is 13.8 Å². The number of hydrogen-bond donors (Lipinski definition) is 2. The lowest BCUT2D eigenvalue weighted by Crippen LogP contribution is -1.80. The molecule has 0 heterocycles. The van der Waals surface area contributed by atoms with Crippen LogP contribution in [0.5, 0.6) is 5.75 Å². The Labute approximate surface area is 188 Å². The zero-order valence-corrected chi connectivity index (χ0v) is 17.1. The Morgan fingerprint density at radius 2 is 1.39 bits per heavy atom. The molecule has 0 atom stereocenters. The van der Waals surface area contributed by atoms with Crippen molar-refractivity contribution in [3.63, 3.8) is 0 Å². The van der Waals surface area contributed by atoms with E-state index in [0.717, 1.165) is 11.3 Å². The van der Waals surface area contributed by atoms with Gasteiger partial charge in [0.2, 0.25) is 0 Å². The van der Waals surface area contributed by atoms with Crippen LogP contribution in [0.2, 0.25) is 0 Å². The number of hydrogen-bond acceptors (Lipinski definition) is 4. The molecule has 4 heteroatoms. The van der Waals surface area contributed by atoms with Gasteiger partial charge in [-0.25, -0.2) is 0 Å². The van der Waals surface area contributed by atoms with Gasteiger partial charge in [0.05, 0.1) is 5.69 Å². The first kappa shape index (κ1) is 25.9. The molecule has 0 aliphatic rings. The first-order valence-corrected chi connectivity index (χ1v) is 8.64. The molecule has 0 aromatic heterocycles. The molecule has 2 aromatic rings. The molecule has 154 valence electrons. The highest BCUT2D eigenvalue weighted by Gasteiger charge is 1.94. The zero-order valence-electron chi connectivity index (χ0n) is 17.1. The normalized spacial score (nSPS) is 7.26. The number of nitroso groups, excluding NO2 is 1. The van der Waals surface area contributed by atoms with E-state index in [4.69, 9.17) is 11.3 Å². The second kappa shape index (κ2) is 18.2. The second-order valence-electron chi connectivity index (χ2n) is 5.17. The third-order valence-electron chi connectivity index (χ3n) is 3.02. The summed E-state index contributed by atoms with van der Waals surface area (Å²) >= 11 is 0. The number of terminal acetylenes is 1. The fourth-order valence-corrected chi connectivity index (χ4v) is 1.69. The van der Waals surface area contributed by atoms with E-state index in [1.54, 1.807) is 25.3 Å². The SMILES string of the molecule is C#CC#CC#CC#CC#CC#CC.Cc1ccc(N=Cc2ccccc2O)cc1.N=O.[HH].[HH].[HH]. The highest BCUT2D eigenvalue weighted by Crippen LogP contribution is 2.16. The van der Waals surface area contributed by atoms with Crippen LogP contribution in [0.15, 0.2) is 53.5 Å². The molecule has 0 bridgehead atoms. The molecule has 4 nitrogen and oxygen atoms in total. The third-order valence-corrected chi connectivity index (χ3v) is 3.02. The summed E-state index contributed by atoms with van der Waals surface area (Å²) in [6.07, 6.45) is 6.53. The van der Waals surface area contributed by atoms with Gasteiger partial charge in [0.15, 0.2) is 0 Å². The second-order valence-corrected chi connectivity index (χ2v) is 5.17. The number of para-hydroxylation sites is 1. The summed E-state index contributed by atoms with van der Waals surface area (Å²) in [5.41, 5.74) is 7.32. The van der Waals surface area contributed by atoms with Crippen molar-refractivity contribution in [3.05, 3.63) is 64.6 Å². The van der Waals surface area contributed by atoms with Crippen molar-refractivity contribution in [2.75, 3.05) is 0 Å². The maximum absolute atomic E-state index is 9.54. The average Bonchev–Trinajstić information content (AvgIpc) is 2.80. The van der Waals surface area contributed by atoms with Crippen molar-refractivity contribution in [3.8, 4) is 77.3 Å². The monoisotopic (exact) mass is 408 g/mol. The number of aromatic hydroxyl groups is 1. The minimum Gasteiger partial charge on any atom is -0.507 e. The number of aliphatic imine (C=N–C) groups is 1. The van der Waals surface area contributed by atoms with Crippen molar-refractivity contribution < 1.29 is 9.39 Å². The van der Waals surface area contributed by atoms with Crippen LogP contribution in [0.1, 0.15) is 22.3 Å². The molecule has 0 radical (unpaired) electrons. The highest BCUT2D eigenvalue weighted by atomic mass is 16.3. The van der Waals surface area contributed by atoms with E-state index in [1.807, 2.05) is 43.3 Å². The van der Waals surface area contributed by atoms with Gasteiger partial charge in [0.1, 0.15) is 5.75 Å². The van der Waals surface area contributed by atoms with Gasteiger partial charge in [-0.1, -0.05) is 41.3 Å². The van der Waals surface area contributed by atoms with Crippen molar-refractivity contribution >= 4 is 11.9 Å². The van der Waals surface area contributed by atoms with Gasteiger partial charge in [-0.15, -0.1) is 6.42 Å². The molecule has 0 fully saturated rings. The first-order valence-electron chi connectivity index (χ1n) is 8.64. The minimum absolute atomic E-state index is 0. The fourth-order valence-electron chi connectivity index (χ4n) is 1.69. The van der Waals surface area contributed by atoms with E-state index in [2.05, 4.69) is 75.7 Å². The predicted molar refractivity (Wildman–Crippen MR) is 132 cm³/mol. The maximum Gasteiger partial charge on any atom is 0.124 e. The lowest BCUT2D eigenvalue weighted by atomic mass is 10.2. The van der Waals surface area contributed by atoms with E-state index in [9.17, 15) is 5.11 Å². The molecule has 2 rings (SSSR count). The summed E-state index contributed by atoms with van der Waals surface area (Å²) in [5.74, 6) is 27.2. The van der Waals surface area contributed by atoms with E-state index in [0.29, 0.717) is 0 Å². The number of rotatable bonds is 2. The molecule has 0 aliphatic carbocycles. The smallest absolute Gasteiger partial charge is 0.124 e. The Balaban J connectivity index is -0.000000232. The lowest BCUT2D eigenvalue weighted by molar-refractivity contribution is 0.474. The molecule has 0 amide bonds. The Kier molecular flexibility index (Phi) is 15.2. The van der Waals surface area contributed by atoms with Gasteiger partial charge in [0.25, 0.3) is 0 Å². The van der Waals surface area contributed by atoms with Gasteiger partial charge in [0, 0.05) is 16.1 Å². The van der Waals surface area contributed by atoms with E-state index >= 15 is 0 Å². The van der Waals surface area contributed by atoms with Crippen LogP contribution >= 0.6 is 0 Å². The number of nitrogens with one attached hydrogen (secondary N) is 1. The third kappa shape index (κ3) is 13.7. The van der Waals surface area contributed by atoms with Gasteiger partial charge in [-0.05, 0) is 97.3 Å². The predicted octanol–water partition coefficient (Wildman–Crippen LogP) is 5.18. The number of phenolic OH excluding ortho intramolecular Hbond substituents is 1. The van der Waals surface area contributed by atoms with Crippen molar-refractivity contribution in [1.29, 1.82) is 5.59 Å². The summed E-state index contributed by atoms with van der Waals surface area (Å²) in [6.45, 7) is 3.74. The van der Waals surface area contributed by atoms with Crippen LogP contribution in [0.4, 0.5) is 5.69 Å². The largest absolute Gasteiger partial charge is 0.507 e. The van der Waals surface area contributed by atoms with Crippen LogP contribution in [0, 0.1) is 89.0 Å². The highest BCUT2D eigenvalue weighted by molar-refractivity contribution is 5.85. The Bertz CT molecular complexity index is 1240. The van der Waals surface area contributed by atoms with E-state index in [1.165, 1.54) is 5.56 Å². The van der Waals surface area contributed by atoms with Gasteiger partial charge in [-0.3, -0.25) is 4.99 Å². The summed E-state index contributed by atoms with van der Waals surface area (Å²) in [7, 11) is 0. The van der Waals surface area contributed by atoms with Crippen molar-refractivity contribution in [2.24, 2.45) is 4.99 Å². The molecule has 0 saturated carbocycles. The standard InChI is InChI=1S/C14H13NO.C13H4.HNO.3H2/c1-11-6-8-13(9-7-11)15-10-12-4-2-3-5-14(12)16;1-3-5-7-9-11-13-12-10-8-6-4-2;1-2;;;/h2-10,16H,1H3;1H,2H3;1H;3*1H. The lowest BCUT2D eigenvalue weighted by Gasteiger charge is -1.97. The summed E-state index contributed by atoms with van der Waals surface area (Å²) in [6, 6.07) is 15.1. The molecule has 0 aliphatic heterocycles.